The van der Waals surface area contributed by atoms with Gasteiger partial charge in [-0.1, -0.05) is 24.2 Å². The molecule has 0 saturated carbocycles. The molecule has 1 atom stereocenters. The number of hydrogen-bond donors (Lipinski definition) is 3. The number of rotatable bonds is 6. The third-order valence-electron chi connectivity index (χ3n) is 2.61. The summed E-state index contributed by atoms with van der Waals surface area (Å²) >= 11 is 1.76. The first-order valence-corrected chi connectivity index (χ1v) is 7.33. The third-order valence-corrected chi connectivity index (χ3v) is 3.52. The van der Waals surface area contributed by atoms with Gasteiger partial charge in [-0.25, -0.2) is 0 Å². The molecule has 5 nitrogen and oxygen atoms in total. The van der Waals surface area contributed by atoms with Gasteiger partial charge >= 0.3 is 0 Å². The van der Waals surface area contributed by atoms with Crippen molar-refractivity contribution in [3.63, 3.8) is 0 Å². The highest BCUT2D eigenvalue weighted by molar-refractivity contribution is 7.98. The van der Waals surface area contributed by atoms with Crippen molar-refractivity contribution < 1.29 is 10.0 Å². The van der Waals surface area contributed by atoms with E-state index < -0.39 is 0 Å². The van der Waals surface area contributed by atoms with Gasteiger partial charge in [-0.2, -0.15) is 11.8 Å². The monoisotopic (exact) mass is 281 g/mol. The highest BCUT2D eigenvalue weighted by atomic mass is 32.2. The molecule has 1 aromatic carbocycles. The van der Waals surface area contributed by atoms with Crippen LogP contribution in [0, 0.1) is 5.92 Å². The largest absolute Gasteiger partial charge is 0.409 e. The van der Waals surface area contributed by atoms with Crippen LogP contribution in [0.4, 0.5) is 0 Å². The van der Waals surface area contributed by atoms with Gasteiger partial charge in [0, 0.05) is 17.7 Å². The lowest BCUT2D eigenvalue weighted by Crippen LogP contribution is -2.29. The predicted molar refractivity (Wildman–Crippen MR) is 78.8 cm³/mol. The molecular formula is C13H19N3O2S. The van der Waals surface area contributed by atoms with E-state index in [1.165, 1.54) is 0 Å². The topological polar surface area (TPSA) is 87.7 Å². The van der Waals surface area contributed by atoms with Crippen molar-refractivity contribution in [3.8, 4) is 0 Å². The molecule has 1 unspecified atom stereocenters. The molecule has 4 N–H and O–H groups in total. The Morgan fingerprint density at radius 2 is 2.00 bits per heavy atom. The van der Waals surface area contributed by atoms with Crippen LogP contribution in [0.5, 0.6) is 0 Å². The van der Waals surface area contributed by atoms with E-state index in [9.17, 15) is 4.79 Å². The number of thioether (sulfide) groups is 1. The first kappa shape index (κ1) is 15.4. The second-order valence-corrected chi connectivity index (χ2v) is 5.24. The molecule has 19 heavy (non-hydrogen) atoms. The highest BCUT2D eigenvalue weighted by Crippen LogP contribution is 2.06. The molecule has 1 aromatic rings. The molecule has 0 aromatic heterocycles. The van der Waals surface area contributed by atoms with E-state index in [1.807, 2.05) is 6.26 Å². The SMILES string of the molecule is CSCC(C)CNC(=O)c1ccc(C(N)=NO)cc1. The van der Waals surface area contributed by atoms with Crippen molar-refractivity contribution >= 4 is 23.5 Å². The zero-order valence-corrected chi connectivity index (χ0v) is 11.9. The minimum Gasteiger partial charge on any atom is -0.409 e. The van der Waals surface area contributed by atoms with E-state index in [-0.39, 0.29) is 11.7 Å². The third kappa shape index (κ3) is 4.82. The van der Waals surface area contributed by atoms with Gasteiger partial charge in [0.2, 0.25) is 0 Å². The molecule has 1 rings (SSSR count). The fourth-order valence-corrected chi connectivity index (χ4v) is 2.25. The van der Waals surface area contributed by atoms with Crippen LogP contribution in [0.25, 0.3) is 0 Å². The number of amides is 1. The molecular weight excluding hydrogens is 262 g/mol. The van der Waals surface area contributed by atoms with Crippen molar-refractivity contribution in [2.75, 3.05) is 18.6 Å². The molecule has 6 heteroatoms. The van der Waals surface area contributed by atoms with E-state index in [0.29, 0.717) is 23.6 Å². The van der Waals surface area contributed by atoms with Gasteiger partial charge in [-0.3, -0.25) is 4.79 Å². The summed E-state index contributed by atoms with van der Waals surface area (Å²) in [6.07, 6.45) is 2.05. The van der Waals surface area contributed by atoms with Gasteiger partial charge in [0.15, 0.2) is 5.84 Å². The number of carbonyl (C=O) groups is 1. The van der Waals surface area contributed by atoms with E-state index in [1.54, 1.807) is 36.0 Å². The number of nitrogens with one attached hydrogen (secondary N) is 1. The lowest BCUT2D eigenvalue weighted by Gasteiger charge is -2.11. The zero-order valence-electron chi connectivity index (χ0n) is 11.1. The fourth-order valence-electron chi connectivity index (χ4n) is 1.56. The maximum atomic E-state index is 11.9. The first-order valence-electron chi connectivity index (χ1n) is 5.93. The first-order chi connectivity index (χ1) is 9.08. The van der Waals surface area contributed by atoms with E-state index in [0.717, 1.165) is 5.75 Å². The molecule has 0 saturated heterocycles. The lowest BCUT2D eigenvalue weighted by molar-refractivity contribution is 0.0949. The minimum atomic E-state index is -0.112. The molecule has 0 heterocycles. The summed E-state index contributed by atoms with van der Waals surface area (Å²) in [6.45, 7) is 2.75. The fraction of sp³-hybridized carbons (Fsp3) is 0.385. The Bertz CT molecular complexity index is 446. The molecule has 0 aliphatic heterocycles. The number of nitrogens with two attached hydrogens (primary N) is 1. The second-order valence-electron chi connectivity index (χ2n) is 4.33. The molecule has 1 amide bonds. The summed E-state index contributed by atoms with van der Waals surface area (Å²) in [6, 6.07) is 6.61. The van der Waals surface area contributed by atoms with Gasteiger partial charge < -0.3 is 16.3 Å². The quantitative estimate of drug-likeness (QED) is 0.319. The summed E-state index contributed by atoms with van der Waals surface area (Å²) in [4.78, 5) is 11.9. The number of oxime groups is 1. The Kier molecular flexibility index (Phi) is 6.21. The van der Waals surface area contributed by atoms with Crippen molar-refractivity contribution in [2.45, 2.75) is 6.92 Å². The van der Waals surface area contributed by atoms with Gasteiger partial charge in [-0.05, 0) is 30.1 Å². The standard InChI is InChI=1S/C13H19N3O2S/c1-9(8-19-2)7-15-13(17)11-5-3-10(4-6-11)12(14)16-18/h3-6,9,18H,7-8H2,1-2H3,(H2,14,16)(H,15,17). The lowest BCUT2D eigenvalue weighted by atomic mass is 10.1. The van der Waals surface area contributed by atoms with Crippen LogP contribution >= 0.6 is 11.8 Å². The summed E-state index contributed by atoms with van der Waals surface area (Å²) < 4.78 is 0. The highest BCUT2D eigenvalue weighted by Gasteiger charge is 2.08. The summed E-state index contributed by atoms with van der Waals surface area (Å²) in [5.74, 6) is 1.37. The zero-order chi connectivity index (χ0) is 14.3. The van der Waals surface area contributed by atoms with Gasteiger partial charge in [0.25, 0.3) is 5.91 Å². The maximum Gasteiger partial charge on any atom is 0.251 e. The molecule has 0 spiro atoms. The van der Waals surface area contributed by atoms with Gasteiger partial charge in [0.1, 0.15) is 0 Å². The van der Waals surface area contributed by atoms with Crippen molar-refractivity contribution in [1.82, 2.24) is 5.32 Å². The molecule has 0 aliphatic rings. The van der Waals surface area contributed by atoms with E-state index in [2.05, 4.69) is 17.4 Å². The maximum absolute atomic E-state index is 11.9. The van der Waals surface area contributed by atoms with Crippen LogP contribution in [0.2, 0.25) is 0 Å². The number of benzene rings is 1. The summed E-state index contributed by atoms with van der Waals surface area (Å²) in [7, 11) is 0. The number of nitrogens with zero attached hydrogens (tertiary/aromatic N) is 1. The average molecular weight is 281 g/mol. The van der Waals surface area contributed by atoms with Crippen LogP contribution in [-0.2, 0) is 0 Å². The number of carbonyl (C=O) groups excluding carboxylic acids is 1. The molecule has 0 bridgehead atoms. The smallest absolute Gasteiger partial charge is 0.251 e. The van der Waals surface area contributed by atoms with Crippen LogP contribution in [0.1, 0.15) is 22.8 Å². The van der Waals surface area contributed by atoms with Gasteiger partial charge in [0.05, 0.1) is 0 Å². The Hall–Kier alpha value is -1.69. The number of hydrogen-bond acceptors (Lipinski definition) is 4. The molecule has 104 valence electrons. The average Bonchev–Trinajstić information content (AvgIpc) is 2.44. The number of amidine groups is 1. The Morgan fingerprint density at radius 1 is 1.42 bits per heavy atom. The normalized spacial score (nSPS) is 13.1. The molecule has 0 fully saturated rings. The Morgan fingerprint density at radius 3 is 2.53 bits per heavy atom. The van der Waals surface area contributed by atoms with Crippen LogP contribution in [-0.4, -0.2) is 35.5 Å². The van der Waals surface area contributed by atoms with Crippen LogP contribution in [0.3, 0.4) is 0 Å². The van der Waals surface area contributed by atoms with E-state index in [4.69, 9.17) is 10.9 Å². The van der Waals surface area contributed by atoms with Crippen LogP contribution < -0.4 is 11.1 Å². The minimum absolute atomic E-state index is 0.0283. The predicted octanol–water partition coefficient (Wildman–Crippen LogP) is 1.51. The van der Waals surface area contributed by atoms with Crippen LogP contribution in [0.15, 0.2) is 29.4 Å². The second kappa shape index (κ2) is 7.68. The van der Waals surface area contributed by atoms with Gasteiger partial charge in [-0.15, -0.1) is 0 Å². The Balaban J connectivity index is 2.58. The van der Waals surface area contributed by atoms with Crippen molar-refractivity contribution in [1.29, 1.82) is 0 Å². The molecule has 0 radical (unpaired) electrons. The Labute approximate surface area is 117 Å². The summed E-state index contributed by atoms with van der Waals surface area (Å²) in [5, 5.41) is 14.3. The van der Waals surface area contributed by atoms with Crippen molar-refractivity contribution in [2.24, 2.45) is 16.8 Å². The van der Waals surface area contributed by atoms with E-state index >= 15 is 0 Å². The molecule has 0 aliphatic carbocycles. The summed E-state index contributed by atoms with van der Waals surface area (Å²) in [5.41, 5.74) is 6.59. The van der Waals surface area contributed by atoms with Crippen molar-refractivity contribution in [3.05, 3.63) is 35.4 Å².